The van der Waals surface area contributed by atoms with E-state index in [1.807, 2.05) is 43.3 Å². The molecule has 4 nitrogen and oxygen atoms in total. The Hall–Kier alpha value is -3.14. The van der Waals surface area contributed by atoms with Gasteiger partial charge in [0.25, 0.3) is 0 Å². The van der Waals surface area contributed by atoms with E-state index >= 15 is 0 Å². The zero-order valence-electron chi connectivity index (χ0n) is 16.3. The average Bonchev–Trinajstić information content (AvgIpc) is 2.75. The molecular formula is C24H25NO3. The van der Waals surface area contributed by atoms with E-state index in [1.165, 1.54) is 0 Å². The van der Waals surface area contributed by atoms with Crippen LogP contribution in [-0.4, -0.2) is 24.7 Å². The Kier molecular flexibility index (Phi) is 6.79. The van der Waals surface area contributed by atoms with Gasteiger partial charge in [0.1, 0.15) is 5.75 Å². The van der Waals surface area contributed by atoms with Crippen LogP contribution in [0.1, 0.15) is 36.8 Å². The number of benzene rings is 2. The highest BCUT2D eigenvalue weighted by Crippen LogP contribution is 2.32. The standard InChI is InChI=1S/C24H25NO3/c1-3-28-24(26)15-14-22(18-10-12-21(27-2)13-11-18)19-7-6-8-20(17-19)23-9-4-5-16-25-23/h4-13,16-17,22H,3,14-15H2,1-2H3/t22-/m0/s1. The highest BCUT2D eigenvalue weighted by molar-refractivity contribution is 5.69. The number of pyridine rings is 1. The lowest BCUT2D eigenvalue weighted by atomic mass is 9.86. The van der Waals surface area contributed by atoms with Crippen molar-refractivity contribution < 1.29 is 14.3 Å². The van der Waals surface area contributed by atoms with Gasteiger partial charge in [-0.05, 0) is 54.8 Å². The van der Waals surface area contributed by atoms with Crippen molar-refractivity contribution in [3.8, 4) is 17.0 Å². The van der Waals surface area contributed by atoms with Crippen LogP contribution >= 0.6 is 0 Å². The summed E-state index contributed by atoms with van der Waals surface area (Å²) in [4.78, 5) is 16.4. The first-order chi connectivity index (χ1) is 13.7. The van der Waals surface area contributed by atoms with Crippen molar-refractivity contribution in [1.29, 1.82) is 0 Å². The number of esters is 1. The third-order valence-corrected chi connectivity index (χ3v) is 4.71. The van der Waals surface area contributed by atoms with Gasteiger partial charge in [-0.25, -0.2) is 0 Å². The zero-order chi connectivity index (χ0) is 19.8. The minimum Gasteiger partial charge on any atom is -0.497 e. The van der Waals surface area contributed by atoms with Gasteiger partial charge in [-0.3, -0.25) is 9.78 Å². The maximum absolute atomic E-state index is 11.9. The minimum absolute atomic E-state index is 0.0824. The van der Waals surface area contributed by atoms with Gasteiger partial charge in [-0.1, -0.05) is 36.4 Å². The second-order valence-corrected chi connectivity index (χ2v) is 6.51. The minimum atomic E-state index is -0.165. The van der Waals surface area contributed by atoms with Crippen molar-refractivity contribution in [3.63, 3.8) is 0 Å². The molecule has 0 unspecified atom stereocenters. The van der Waals surface area contributed by atoms with Gasteiger partial charge < -0.3 is 9.47 Å². The molecule has 0 spiro atoms. The summed E-state index contributed by atoms with van der Waals surface area (Å²) in [5.74, 6) is 0.732. The van der Waals surface area contributed by atoms with Crippen LogP contribution in [0.3, 0.4) is 0 Å². The molecule has 0 amide bonds. The number of hydrogen-bond acceptors (Lipinski definition) is 4. The summed E-state index contributed by atoms with van der Waals surface area (Å²) in [7, 11) is 1.66. The molecule has 0 aliphatic rings. The summed E-state index contributed by atoms with van der Waals surface area (Å²) in [6, 6.07) is 22.3. The summed E-state index contributed by atoms with van der Waals surface area (Å²) in [5.41, 5.74) is 4.29. The molecule has 0 fully saturated rings. The van der Waals surface area contributed by atoms with Crippen LogP contribution in [0.5, 0.6) is 5.75 Å². The highest BCUT2D eigenvalue weighted by atomic mass is 16.5. The number of carbonyl (C=O) groups excluding carboxylic acids is 1. The van der Waals surface area contributed by atoms with Crippen molar-refractivity contribution in [2.45, 2.75) is 25.7 Å². The summed E-state index contributed by atoms with van der Waals surface area (Å²) in [6.07, 6.45) is 2.85. The first-order valence-electron chi connectivity index (χ1n) is 9.52. The Bertz CT molecular complexity index is 891. The highest BCUT2D eigenvalue weighted by Gasteiger charge is 2.17. The molecule has 3 rings (SSSR count). The molecule has 2 aromatic carbocycles. The maximum atomic E-state index is 11.9. The van der Waals surface area contributed by atoms with Gasteiger partial charge in [0.2, 0.25) is 0 Å². The van der Waals surface area contributed by atoms with Crippen LogP contribution in [0.4, 0.5) is 0 Å². The second-order valence-electron chi connectivity index (χ2n) is 6.51. The van der Waals surface area contributed by atoms with Crippen LogP contribution in [0, 0.1) is 0 Å². The average molecular weight is 375 g/mol. The molecular weight excluding hydrogens is 350 g/mol. The normalized spacial score (nSPS) is 11.6. The first kappa shape index (κ1) is 19.6. The van der Waals surface area contributed by atoms with E-state index in [9.17, 15) is 4.79 Å². The number of carbonyl (C=O) groups is 1. The van der Waals surface area contributed by atoms with Crippen molar-refractivity contribution >= 4 is 5.97 Å². The third-order valence-electron chi connectivity index (χ3n) is 4.71. The number of ether oxygens (including phenoxy) is 2. The van der Waals surface area contributed by atoms with Crippen LogP contribution in [-0.2, 0) is 9.53 Å². The van der Waals surface area contributed by atoms with Crippen molar-refractivity contribution in [1.82, 2.24) is 4.98 Å². The molecule has 1 heterocycles. The molecule has 144 valence electrons. The smallest absolute Gasteiger partial charge is 0.305 e. The zero-order valence-corrected chi connectivity index (χ0v) is 16.3. The lowest BCUT2D eigenvalue weighted by molar-refractivity contribution is -0.143. The van der Waals surface area contributed by atoms with Crippen molar-refractivity contribution in [3.05, 3.63) is 84.1 Å². The summed E-state index contributed by atoms with van der Waals surface area (Å²) in [5, 5.41) is 0. The van der Waals surface area contributed by atoms with E-state index in [4.69, 9.17) is 9.47 Å². The molecule has 0 N–H and O–H groups in total. The van der Waals surface area contributed by atoms with E-state index in [0.29, 0.717) is 19.4 Å². The Morgan fingerprint density at radius 2 is 1.82 bits per heavy atom. The number of nitrogens with zero attached hydrogens (tertiary/aromatic N) is 1. The Labute approximate surface area is 166 Å². The molecule has 28 heavy (non-hydrogen) atoms. The fourth-order valence-corrected chi connectivity index (χ4v) is 3.31. The monoisotopic (exact) mass is 375 g/mol. The lowest BCUT2D eigenvalue weighted by Crippen LogP contribution is -2.08. The topological polar surface area (TPSA) is 48.4 Å². The second kappa shape index (κ2) is 9.70. The van der Waals surface area contributed by atoms with Crippen molar-refractivity contribution in [2.24, 2.45) is 0 Å². The van der Waals surface area contributed by atoms with Crippen LogP contribution in [0.15, 0.2) is 72.9 Å². The van der Waals surface area contributed by atoms with Crippen LogP contribution in [0.25, 0.3) is 11.3 Å². The number of rotatable bonds is 8. The van der Waals surface area contributed by atoms with Crippen molar-refractivity contribution in [2.75, 3.05) is 13.7 Å². The van der Waals surface area contributed by atoms with Gasteiger partial charge in [-0.15, -0.1) is 0 Å². The molecule has 0 radical (unpaired) electrons. The van der Waals surface area contributed by atoms with E-state index in [1.54, 1.807) is 13.3 Å². The quantitative estimate of drug-likeness (QED) is 0.506. The number of aromatic nitrogens is 1. The maximum Gasteiger partial charge on any atom is 0.305 e. The van der Waals surface area contributed by atoms with E-state index in [0.717, 1.165) is 28.1 Å². The Balaban J connectivity index is 1.92. The molecule has 1 atom stereocenters. The molecule has 1 aromatic heterocycles. The molecule has 0 bridgehead atoms. The number of methoxy groups -OCH3 is 1. The third kappa shape index (κ3) is 4.97. The van der Waals surface area contributed by atoms with Gasteiger partial charge in [-0.2, -0.15) is 0 Å². The van der Waals surface area contributed by atoms with E-state index in [2.05, 4.69) is 35.3 Å². The van der Waals surface area contributed by atoms with Gasteiger partial charge in [0, 0.05) is 24.1 Å². The van der Waals surface area contributed by atoms with Gasteiger partial charge >= 0.3 is 5.97 Å². The molecule has 3 aromatic rings. The molecule has 0 saturated heterocycles. The van der Waals surface area contributed by atoms with Gasteiger partial charge in [0.15, 0.2) is 0 Å². The summed E-state index contributed by atoms with van der Waals surface area (Å²) in [6.45, 7) is 2.23. The fourth-order valence-electron chi connectivity index (χ4n) is 3.31. The first-order valence-corrected chi connectivity index (χ1v) is 9.52. The summed E-state index contributed by atoms with van der Waals surface area (Å²) >= 11 is 0. The Morgan fingerprint density at radius 3 is 2.50 bits per heavy atom. The summed E-state index contributed by atoms with van der Waals surface area (Å²) < 4.78 is 10.4. The fraction of sp³-hybridized carbons (Fsp3) is 0.250. The molecule has 4 heteroatoms. The van der Waals surface area contributed by atoms with E-state index < -0.39 is 0 Å². The predicted octanol–water partition coefficient (Wildman–Crippen LogP) is 5.23. The largest absolute Gasteiger partial charge is 0.497 e. The van der Waals surface area contributed by atoms with E-state index in [-0.39, 0.29) is 11.9 Å². The Morgan fingerprint density at radius 1 is 1.00 bits per heavy atom. The molecule has 0 saturated carbocycles. The van der Waals surface area contributed by atoms with Gasteiger partial charge in [0.05, 0.1) is 19.4 Å². The number of hydrogen-bond donors (Lipinski definition) is 0. The SMILES string of the molecule is CCOC(=O)CC[C@@H](c1ccc(OC)cc1)c1cccc(-c2ccccn2)c1. The molecule has 0 aliphatic carbocycles. The van der Waals surface area contributed by atoms with Crippen LogP contribution in [0.2, 0.25) is 0 Å². The predicted molar refractivity (Wildman–Crippen MR) is 110 cm³/mol. The lowest BCUT2D eigenvalue weighted by Gasteiger charge is -2.19. The van der Waals surface area contributed by atoms with Crippen LogP contribution < -0.4 is 4.74 Å². The molecule has 0 aliphatic heterocycles.